The molecule has 134 valence electrons. The second kappa shape index (κ2) is 7.25. The number of amides is 1. The molecule has 2 aromatic carbocycles. The molecular formula is C21H15FN2O2S. The number of hydrogen-bond acceptors (Lipinski definition) is 4. The van der Waals surface area contributed by atoms with Gasteiger partial charge in [-0.2, -0.15) is 0 Å². The maximum Gasteiger partial charge on any atom is 0.264 e. The summed E-state index contributed by atoms with van der Waals surface area (Å²) in [5, 5.41) is 3.15. The first kappa shape index (κ1) is 17.3. The third-order valence-electron chi connectivity index (χ3n) is 3.91. The van der Waals surface area contributed by atoms with Crippen molar-refractivity contribution in [2.24, 2.45) is 4.99 Å². The van der Waals surface area contributed by atoms with Crippen molar-refractivity contribution >= 4 is 34.6 Å². The molecule has 0 radical (unpaired) electrons. The van der Waals surface area contributed by atoms with Crippen LogP contribution in [0.15, 0.2) is 75.0 Å². The van der Waals surface area contributed by atoms with Crippen LogP contribution >= 0.6 is 11.8 Å². The summed E-state index contributed by atoms with van der Waals surface area (Å²) in [6.07, 6.45) is 1.69. The first-order chi connectivity index (χ1) is 13.1. The fourth-order valence-electron chi connectivity index (χ4n) is 2.63. The summed E-state index contributed by atoms with van der Waals surface area (Å²) in [6.45, 7) is 2.02. The van der Waals surface area contributed by atoms with Crippen molar-refractivity contribution in [3.8, 4) is 11.3 Å². The summed E-state index contributed by atoms with van der Waals surface area (Å²) in [7, 11) is 0. The molecule has 0 unspecified atom stereocenters. The van der Waals surface area contributed by atoms with Crippen LogP contribution in [-0.2, 0) is 4.79 Å². The number of aliphatic imine (C=N–C) groups is 1. The summed E-state index contributed by atoms with van der Waals surface area (Å²) >= 11 is 1.22. The minimum atomic E-state index is -0.329. The molecule has 0 atom stereocenters. The van der Waals surface area contributed by atoms with Gasteiger partial charge in [-0.3, -0.25) is 4.79 Å². The zero-order valence-corrected chi connectivity index (χ0v) is 15.2. The zero-order valence-electron chi connectivity index (χ0n) is 14.4. The first-order valence-electron chi connectivity index (χ1n) is 8.29. The van der Waals surface area contributed by atoms with E-state index in [1.165, 1.54) is 23.9 Å². The van der Waals surface area contributed by atoms with E-state index in [9.17, 15) is 9.18 Å². The molecule has 0 spiro atoms. The average Bonchev–Trinajstić information content (AvgIpc) is 3.24. The predicted molar refractivity (Wildman–Crippen MR) is 106 cm³/mol. The summed E-state index contributed by atoms with van der Waals surface area (Å²) in [5.74, 6) is 0.764. The maximum absolute atomic E-state index is 13.0. The number of hydrogen-bond donors (Lipinski definition) is 1. The predicted octanol–water partition coefficient (Wildman–Crippen LogP) is 5.29. The molecule has 1 fully saturated rings. The minimum Gasteiger partial charge on any atom is -0.457 e. The number of furan rings is 1. The van der Waals surface area contributed by atoms with E-state index in [-0.39, 0.29) is 11.7 Å². The monoisotopic (exact) mass is 378 g/mol. The molecule has 0 aliphatic carbocycles. The molecule has 2 heterocycles. The summed E-state index contributed by atoms with van der Waals surface area (Å²) in [5.41, 5.74) is 2.71. The molecule has 1 N–H and O–H groups in total. The quantitative estimate of drug-likeness (QED) is 0.631. The van der Waals surface area contributed by atoms with E-state index in [2.05, 4.69) is 10.3 Å². The number of thioether (sulfide) groups is 1. The van der Waals surface area contributed by atoms with E-state index < -0.39 is 0 Å². The molecule has 1 amide bonds. The van der Waals surface area contributed by atoms with Crippen molar-refractivity contribution in [1.82, 2.24) is 5.32 Å². The Morgan fingerprint density at radius 2 is 1.93 bits per heavy atom. The normalized spacial score (nSPS) is 16.9. The fraction of sp³-hybridized carbons (Fsp3) is 0.0476. The van der Waals surface area contributed by atoms with Gasteiger partial charge in [-0.1, -0.05) is 23.8 Å². The standard InChI is InChI=1S/C21H15FN2O2S/c1-13-3-2-4-14(11-13)18-10-9-17(26-18)12-19-20(25)24-21(27-19)23-16-7-5-15(22)6-8-16/h2-12H,1H3,(H,23,24,25)/b19-12-. The van der Waals surface area contributed by atoms with Gasteiger partial charge in [0.15, 0.2) is 5.17 Å². The average molecular weight is 378 g/mol. The number of carbonyl (C=O) groups is 1. The lowest BCUT2D eigenvalue weighted by atomic mass is 10.1. The van der Waals surface area contributed by atoms with Crippen molar-refractivity contribution in [2.45, 2.75) is 6.92 Å². The molecule has 1 aromatic heterocycles. The topological polar surface area (TPSA) is 54.6 Å². The number of amidine groups is 1. The van der Waals surface area contributed by atoms with Crippen molar-refractivity contribution in [1.29, 1.82) is 0 Å². The number of benzene rings is 2. The lowest BCUT2D eigenvalue weighted by Gasteiger charge is -1.98. The van der Waals surface area contributed by atoms with Crippen LogP contribution in [0.4, 0.5) is 10.1 Å². The van der Waals surface area contributed by atoms with Crippen LogP contribution in [0.25, 0.3) is 17.4 Å². The highest BCUT2D eigenvalue weighted by Crippen LogP contribution is 2.30. The van der Waals surface area contributed by atoms with Gasteiger partial charge in [-0.05, 0) is 61.2 Å². The van der Waals surface area contributed by atoms with Gasteiger partial charge in [0.1, 0.15) is 17.3 Å². The smallest absolute Gasteiger partial charge is 0.264 e. The second-order valence-electron chi connectivity index (χ2n) is 6.03. The molecule has 4 rings (SSSR count). The highest BCUT2D eigenvalue weighted by molar-refractivity contribution is 8.18. The van der Waals surface area contributed by atoms with Crippen molar-refractivity contribution in [3.63, 3.8) is 0 Å². The summed E-state index contributed by atoms with van der Waals surface area (Å²) in [4.78, 5) is 17.0. The SMILES string of the molecule is Cc1cccc(-c2ccc(/C=C3\SC(=Nc4ccc(F)cc4)NC3=O)o2)c1. The van der Waals surface area contributed by atoms with Gasteiger partial charge in [0.05, 0.1) is 10.6 Å². The summed E-state index contributed by atoms with van der Waals surface area (Å²) in [6, 6.07) is 17.5. The lowest BCUT2D eigenvalue weighted by Crippen LogP contribution is -2.19. The lowest BCUT2D eigenvalue weighted by molar-refractivity contribution is -0.115. The van der Waals surface area contributed by atoms with Crippen LogP contribution in [0.2, 0.25) is 0 Å². The van der Waals surface area contributed by atoms with Crippen LogP contribution in [0.3, 0.4) is 0 Å². The third kappa shape index (κ3) is 4.01. The number of carbonyl (C=O) groups excluding carboxylic acids is 1. The Morgan fingerprint density at radius 3 is 2.70 bits per heavy atom. The van der Waals surface area contributed by atoms with Gasteiger partial charge in [0.2, 0.25) is 0 Å². The largest absolute Gasteiger partial charge is 0.457 e. The molecule has 1 saturated heterocycles. The molecular weight excluding hydrogens is 363 g/mol. The molecule has 3 aromatic rings. The van der Waals surface area contributed by atoms with Gasteiger partial charge in [-0.15, -0.1) is 0 Å². The van der Waals surface area contributed by atoms with Crippen molar-refractivity contribution in [2.75, 3.05) is 0 Å². The molecule has 27 heavy (non-hydrogen) atoms. The highest BCUT2D eigenvalue weighted by atomic mass is 32.2. The molecule has 0 bridgehead atoms. The Kier molecular flexibility index (Phi) is 4.64. The molecule has 1 aliphatic rings. The minimum absolute atomic E-state index is 0.241. The number of nitrogens with zero attached hydrogens (tertiary/aromatic N) is 1. The van der Waals surface area contributed by atoms with E-state index in [1.807, 2.05) is 43.3 Å². The van der Waals surface area contributed by atoms with Gasteiger partial charge in [0, 0.05) is 11.6 Å². The van der Waals surface area contributed by atoms with Crippen LogP contribution in [0.1, 0.15) is 11.3 Å². The van der Waals surface area contributed by atoms with Crippen LogP contribution in [-0.4, -0.2) is 11.1 Å². The van der Waals surface area contributed by atoms with E-state index in [0.717, 1.165) is 16.9 Å². The van der Waals surface area contributed by atoms with Crippen molar-refractivity contribution < 1.29 is 13.6 Å². The third-order valence-corrected chi connectivity index (χ3v) is 4.82. The first-order valence-corrected chi connectivity index (χ1v) is 9.10. The van der Waals surface area contributed by atoms with Gasteiger partial charge < -0.3 is 9.73 Å². The van der Waals surface area contributed by atoms with Gasteiger partial charge in [-0.25, -0.2) is 9.38 Å². The van der Waals surface area contributed by atoms with E-state index in [1.54, 1.807) is 18.2 Å². The number of rotatable bonds is 3. The Hall–Kier alpha value is -3.12. The Balaban J connectivity index is 1.54. The Morgan fingerprint density at radius 1 is 1.11 bits per heavy atom. The van der Waals surface area contributed by atoms with Crippen molar-refractivity contribution in [3.05, 3.63) is 82.7 Å². The molecule has 6 heteroatoms. The second-order valence-corrected chi connectivity index (χ2v) is 7.06. The van der Waals surface area contributed by atoms with Crippen LogP contribution < -0.4 is 5.32 Å². The zero-order chi connectivity index (χ0) is 18.8. The van der Waals surface area contributed by atoms with Gasteiger partial charge in [0.25, 0.3) is 5.91 Å². The number of nitrogens with one attached hydrogen (secondary N) is 1. The fourth-order valence-corrected chi connectivity index (χ4v) is 3.45. The summed E-state index contributed by atoms with van der Waals surface area (Å²) < 4.78 is 18.8. The maximum atomic E-state index is 13.0. The molecule has 0 saturated carbocycles. The Bertz CT molecular complexity index is 1070. The van der Waals surface area contributed by atoms with E-state index in [4.69, 9.17) is 4.42 Å². The van der Waals surface area contributed by atoms with Crippen LogP contribution in [0, 0.1) is 12.7 Å². The molecule has 4 nitrogen and oxygen atoms in total. The van der Waals surface area contributed by atoms with E-state index >= 15 is 0 Å². The number of halogens is 1. The Labute approximate surface area is 159 Å². The van der Waals surface area contributed by atoms with E-state index in [0.29, 0.717) is 21.5 Å². The highest BCUT2D eigenvalue weighted by Gasteiger charge is 2.24. The van der Waals surface area contributed by atoms with Crippen LogP contribution in [0.5, 0.6) is 0 Å². The molecule has 1 aliphatic heterocycles. The number of aryl methyl sites for hydroxylation is 1. The van der Waals surface area contributed by atoms with Gasteiger partial charge >= 0.3 is 0 Å².